The first kappa shape index (κ1) is 20.6. The van der Waals surface area contributed by atoms with E-state index >= 15 is 0 Å². The molecule has 0 heterocycles. The van der Waals surface area contributed by atoms with Crippen LogP contribution in [0.5, 0.6) is 0 Å². The van der Waals surface area contributed by atoms with Crippen LogP contribution >= 0.6 is 0 Å². The number of nitrogens with zero attached hydrogens (tertiary/aromatic N) is 2. The maximum atomic E-state index is 13.0. The summed E-state index contributed by atoms with van der Waals surface area (Å²) in [6, 6.07) is 19.6. The number of methoxy groups -OCH3 is 1. The van der Waals surface area contributed by atoms with Gasteiger partial charge in [-0.3, -0.25) is 9.59 Å². The minimum atomic E-state index is -0.0202. The Hall–Kier alpha value is -2.66. The van der Waals surface area contributed by atoms with Gasteiger partial charge in [-0.25, -0.2) is 0 Å². The number of amides is 2. The zero-order chi connectivity index (χ0) is 19.5. The van der Waals surface area contributed by atoms with Gasteiger partial charge >= 0.3 is 0 Å². The molecule has 0 N–H and O–H groups in total. The highest BCUT2D eigenvalue weighted by atomic mass is 16.5. The Morgan fingerprint density at radius 3 is 2.15 bits per heavy atom. The maximum absolute atomic E-state index is 13.0. The average molecular weight is 368 g/mol. The molecule has 0 saturated carbocycles. The van der Waals surface area contributed by atoms with Gasteiger partial charge in [0.25, 0.3) is 0 Å². The second kappa shape index (κ2) is 11.1. The minimum Gasteiger partial charge on any atom is -0.385 e. The van der Waals surface area contributed by atoms with Gasteiger partial charge in [0.15, 0.2) is 0 Å². The second-order valence-corrected chi connectivity index (χ2v) is 6.40. The summed E-state index contributed by atoms with van der Waals surface area (Å²) in [6.45, 7) is 3.65. The number of ether oxygens (including phenoxy) is 1. The molecule has 0 unspecified atom stereocenters. The van der Waals surface area contributed by atoms with Crippen molar-refractivity contribution in [3.63, 3.8) is 0 Å². The molecule has 27 heavy (non-hydrogen) atoms. The highest BCUT2D eigenvalue weighted by Gasteiger charge is 2.18. The van der Waals surface area contributed by atoms with Gasteiger partial charge in [0.05, 0.1) is 6.54 Å². The highest BCUT2D eigenvalue weighted by Crippen LogP contribution is 2.18. The van der Waals surface area contributed by atoms with Gasteiger partial charge in [-0.1, -0.05) is 48.5 Å². The number of benzene rings is 2. The van der Waals surface area contributed by atoms with Crippen molar-refractivity contribution in [3.05, 3.63) is 66.2 Å². The van der Waals surface area contributed by atoms with Crippen LogP contribution < -0.4 is 4.90 Å². The van der Waals surface area contributed by atoms with Crippen molar-refractivity contribution in [3.8, 4) is 0 Å². The molecule has 5 nitrogen and oxygen atoms in total. The Labute approximate surface area is 161 Å². The molecule has 0 radical (unpaired) electrons. The first-order valence-electron chi connectivity index (χ1n) is 9.25. The van der Waals surface area contributed by atoms with Crippen molar-refractivity contribution in [2.45, 2.75) is 26.3 Å². The fraction of sp³-hybridized carbons (Fsp3) is 0.364. The van der Waals surface area contributed by atoms with Crippen LogP contribution in [0.2, 0.25) is 0 Å². The number of hydrogen-bond acceptors (Lipinski definition) is 3. The number of hydrogen-bond donors (Lipinski definition) is 0. The van der Waals surface area contributed by atoms with Crippen LogP contribution in [0.3, 0.4) is 0 Å². The summed E-state index contributed by atoms with van der Waals surface area (Å²) >= 11 is 0. The van der Waals surface area contributed by atoms with Gasteiger partial charge in [0.2, 0.25) is 11.8 Å². The minimum absolute atomic E-state index is 0.00282. The van der Waals surface area contributed by atoms with Crippen molar-refractivity contribution in [1.82, 2.24) is 4.90 Å². The predicted molar refractivity (Wildman–Crippen MR) is 107 cm³/mol. The molecular formula is C22H28N2O3. The Bertz CT molecular complexity index is 704. The zero-order valence-corrected chi connectivity index (χ0v) is 16.1. The van der Waals surface area contributed by atoms with Gasteiger partial charge in [-0.2, -0.15) is 0 Å². The summed E-state index contributed by atoms with van der Waals surface area (Å²) in [5.74, 6) is -0.0173. The maximum Gasteiger partial charge on any atom is 0.229 e. The first-order chi connectivity index (χ1) is 13.1. The van der Waals surface area contributed by atoms with Gasteiger partial charge in [-0.15, -0.1) is 0 Å². The molecule has 0 aromatic heterocycles. The lowest BCUT2D eigenvalue weighted by molar-refractivity contribution is -0.129. The van der Waals surface area contributed by atoms with Crippen LogP contribution in [0.4, 0.5) is 5.69 Å². The van der Waals surface area contributed by atoms with Crippen molar-refractivity contribution in [1.29, 1.82) is 0 Å². The third-order valence-corrected chi connectivity index (χ3v) is 4.37. The molecule has 2 aromatic carbocycles. The van der Waals surface area contributed by atoms with Gasteiger partial charge in [0, 0.05) is 45.8 Å². The standard InChI is InChI=1S/C22H28N2O3/c1-19(25)23(15-9-17-27-2)16-14-22(26)24(21-12-7-4-8-13-21)18-20-10-5-3-6-11-20/h3-8,10-13H,9,14-18H2,1-2H3. The Kier molecular flexibility index (Phi) is 8.52. The normalized spacial score (nSPS) is 10.4. The third-order valence-electron chi connectivity index (χ3n) is 4.37. The van der Waals surface area contributed by atoms with E-state index in [1.54, 1.807) is 16.9 Å². The van der Waals surface area contributed by atoms with E-state index in [0.717, 1.165) is 17.7 Å². The number of rotatable bonds is 10. The number of para-hydroxylation sites is 1. The summed E-state index contributed by atoms with van der Waals surface area (Å²) in [5, 5.41) is 0. The molecule has 0 aliphatic carbocycles. The smallest absolute Gasteiger partial charge is 0.229 e. The van der Waals surface area contributed by atoms with E-state index in [2.05, 4.69) is 0 Å². The van der Waals surface area contributed by atoms with Crippen molar-refractivity contribution >= 4 is 17.5 Å². The van der Waals surface area contributed by atoms with Crippen molar-refractivity contribution < 1.29 is 14.3 Å². The molecule has 0 fully saturated rings. The SMILES string of the molecule is COCCCN(CCC(=O)N(Cc1ccccc1)c1ccccc1)C(C)=O. The van der Waals surface area contributed by atoms with Gasteiger partial charge < -0.3 is 14.5 Å². The number of anilines is 1. The molecule has 5 heteroatoms. The largest absolute Gasteiger partial charge is 0.385 e. The molecular weight excluding hydrogens is 340 g/mol. The molecule has 2 rings (SSSR count). The second-order valence-electron chi connectivity index (χ2n) is 6.40. The Morgan fingerprint density at radius 1 is 0.926 bits per heavy atom. The number of carbonyl (C=O) groups excluding carboxylic acids is 2. The first-order valence-corrected chi connectivity index (χ1v) is 9.25. The topological polar surface area (TPSA) is 49.9 Å². The zero-order valence-electron chi connectivity index (χ0n) is 16.1. The molecule has 0 aliphatic rings. The summed E-state index contributed by atoms with van der Waals surface area (Å²) in [4.78, 5) is 28.3. The lowest BCUT2D eigenvalue weighted by Crippen LogP contribution is -2.36. The predicted octanol–water partition coefficient (Wildman–Crippen LogP) is 3.49. The third kappa shape index (κ3) is 6.87. The summed E-state index contributed by atoms with van der Waals surface area (Å²) in [7, 11) is 1.64. The highest BCUT2D eigenvalue weighted by molar-refractivity contribution is 5.93. The lowest BCUT2D eigenvalue weighted by Gasteiger charge is -2.26. The van der Waals surface area contributed by atoms with Crippen LogP contribution in [-0.4, -0.2) is 43.5 Å². The quantitative estimate of drug-likeness (QED) is 0.603. The Morgan fingerprint density at radius 2 is 1.56 bits per heavy atom. The summed E-state index contributed by atoms with van der Waals surface area (Å²) in [5.41, 5.74) is 1.93. The molecule has 0 saturated heterocycles. The molecule has 2 amide bonds. The number of carbonyl (C=O) groups is 2. The van der Waals surface area contributed by atoms with Crippen LogP contribution in [-0.2, 0) is 20.9 Å². The van der Waals surface area contributed by atoms with Crippen molar-refractivity contribution in [2.75, 3.05) is 31.7 Å². The molecule has 0 bridgehead atoms. The van der Waals surface area contributed by atoms with Crippen LogP contribution in [0.1, 0.15) is 25.3 Å². The summed E-state index contributed by atoms with van der Waals surface area (Å²) < 4.78 is 5.05. The monoisotopic (exact) mass is 368 g/mol. The molecule has 0 spiro atoms. The Balaban J connectivity index is 2.05. The van der Waals surface area contributed by atoms with Crippen LogP contribution in [0.15, 0.2) is 60.7 Å². The fourth-order valence-electron chi connectivity index (χ4n) is 2.89. The van der Waals surface area contributed by atoms with E-state index in [0.29, 0.717) is 26.2 Å². The van der Waals surface area contributed by atoms with E-state index < -0.39 is 0 Å². The molecule has 0 atom stereocenters. The van der Waals surface area contributed by atoms with E-state index in [9.17, 15) is 9.59 Å². The lowest BCUT2D eigenvalue weighted by atomic mass is 10.1. The fourth-order valence-corrected chi connectivity index (χ4v) is 2.89. The average Bonchev–Trinajstić information content (AvgIpc) is 2.69. The van der Waals surface area contributed by atoms with E-state index in [-0.39, 0.29) is 18.2 Å². The van der Waals surface area contributed by atoms with Gasteiger partial charge in [0.1, 0.15) is 0 Å². The van der Waals surface area contributed by atoms with E-state index in [1.165, 1.54) is 6.92 Å². The molecule has 0 aliphatic heterocycles. The van der Waals surface area contributed by atoms with E-state index in [4.69, 9.17) is 4.74 Å². The van der Waals surface area contributed by atoms with Crippen LogP contribution in [0, 0.1) is 0 Å². The summed E-state index contributed by atoms with van der Waals surface area (Å²) in [6.07, 6.45) is 1.05. The van der Waals surface area contributed by atoms with Crippen LogP contribution in [0.25, 0.3) is 0 Å². The van der Waals surface area contributed by atoms with Crippen molar-refractivity contribution in [2.24, 2.45) is 0 Å². The van der Waals surface area contributed by atoms with E-state index in [1.807, 2.05) is 60.7 Å². The van der Waals surface area contributed by atoms with Gasteiger partial charge in [-0.05, 0) is 24.1 Å². The molecule has 144 valence electrons. The molecule has 2 aromatic rings.